The van der Waals surface area contributed by atoms with Gasteiger partial charge in [0.05, 0.1) is 5.75 Å². The fourth-order valence-electron chi connectivity index (χ4n) is 2.27. The first kappa shape index (κ1) is 18.7. The van der Waals surface area contributed by atoms with Crippen LogP contribution in [0.1, 0.15) is 37.8 Å². The number of benzene rings is 1. The number of nitrogens with one attached hydrogen (secondary N) is 2. The quantitative estimate of drug-likeness (QED) is 0.684. The minimum atomic E-state index is 0.0418. The number of carbonyl (C=O) groups excluding carboxylic acids is 1. The highest BCUT2D eigenvalue weighted by molar-refractivity contribution is 8.01. The van der Waals surface area contributed by atoms with E-state index in [1.807, 2.05) is 19.1 Å². The number of anilines is 2. The zero-order chi connectivity index (χ0) is 17.5. The molecule has 1 atom stereocenters. The number of rotatable bonds is 8. The van der Waals surface area contributed by atoms with Gasteiger partial charge in [-0.25, -0.2) is 0 Å². The fraction of sp³-hybridized carbons (Fsp3) is 0.471. The average molecular weight is 365 g/mol. The second-order valence-corrected chi connectivity index (χ2v) is 7.99. The van der Waals surface area contributed by atoms with Crippen molar-refractivity contribution < 1.29 is 4.79 Å². The Kier molecular flexibility index (Phi) is 7.05. The number of aromatic nitrogens is 2. The van der Waals surface area contributed by atoms with E-state index in [4.69, 9.17) is 0 Å². The number of amides is 1. The van der Waals surface area contributed by atoms with Crippen LogP contribution < -0.4 is 10.6 Å². The predicted octanol–water partition coefficient (Wildman–Crippen LogP) is 4.30. The van der Waals surface area contributed by atoms with Crippen LogP contribution >= 0.6 is 23.1 Å². The molecule has 0 aliphatic carbocycles. The standard InChI is InChI=1S/C17H24N4OS2/c1-5-7-12(3)18-15(22)10-23-17-21-20-16(24-17)19-14-9-6-8-11(2)13(14)4/h6,8-9,12H,5,7,10H2,1-4H3,(H,18,22)(H,19,20)/t12-/m0/s1. The molecule has 0 saturated heterocycles. The molecule has 0 fully saturated rings. The van der Waals surface area contributed by atoms with Crippen LogP contribution in [0.4, 0.5) is 10.8 Å². The van der Waals surface area contributed by atoms with Crippen molar-refractivity contribution in [3.63, 3.8) is 0 Å². The Morgan fingerprint density at radius 2 is 2.12 bits per heavy atom. The van der Waals surface area contributed by atoms with Gasteiger partial charge in [0.1, 0.15) is 0 Å². The Morgan fingerprint density at radius 3 is 2.88 bits per heavy atom. The van der Waals surface area contributed by atoms with Crippen molar-refractivity contribution in [2.24, 2.45) is 0 Å². The lowest BCUT2D eigenvalue weighted by atomic mass is 10.1. The Morgan fingerprint density at radius 1 is 1.33 bits per heavy atom. The van der Waals surface area contributed by atoms with Gasteiger partial charge in [-0.1, -0.05) is 48.6 Å². The first-order valence-corrected chi connectivity index (χ1v) is 9.88. The molecule has 0 unspecified atom stereocenters. The molecule has 5 nitrogen and oxygen atoms in total. The Bertz CT molecular complexity index is 687. The van der Waals surface area contributed by atoms with Gasteiger partial charge < -0.3 is 10.6 Å². The van der Waals surface area contributed by atoms with E-state index in [2.05, 4.69) is 47.7 Å². The van der Waals surface area contributed by atoms with Crippen LogP contribution in [-0.4, -0.2) is 27.9 Å². The van der Waals surface area contributed by atoms with Gasteiger partial charge in [0.25, 0.3) is 0 Å². The van der Waals surface area contributed by atoms with Crippen molar-refractivity contribution in [1.82, 2.24) is 15.5 Å². The summed E-state index contributed by atoms with van der Waals surface area (Å²) in [5, 5.41) is 15.3. The summed E-state index contributed by atoms with van der Waals surface area (Å²) in [6.07, 6.45) is 2.07. The minimum Gasteiger partial charge on any atom is -0.353 e. The fourth-order valence-corrected chi connectivity index (χ4v) is 3.84. The molecule has 1 aromatic carbocycles. The van der Waals surface area contributed by atoms with Crippen molar-refractivity contribution in [3.8, 4) is 0 Å². The number of thioether (sulfide) groups is 1. The number of nitrogens with zero attached hydrogens (tertiary/aromatic N) is 2. The second kappa shape index (κ2) is 9.03. The van der Waals surface area contributed by atoms with E-state index in [1.54, 1.807) is 0 Å². The van der Waals surface area contributed by atoms with E-state index < -0.39 is 0 Å². The summed E-state index contributed by atoms with van der Waals surface area (Å²) >= 11 is 2.88. The first-order valence-electron chi connectivity index (χ1n) is 8.08. The van der Waals surface area contributed by atoms with Crippen molar-refractivity contribution >= 4 is 39.8 Å². The molecule has 24 heavy (non-hydrogen) atoms. The number of aryl methyl sites for hydroxylation is 1. The molecule has 0 aliphatic heterocycles. The molecule has 0 bridgehead atoms. The number of carbonyl (C=O) groups is 1. The highest BCUT2D eigenvalue weighted by Crippen LogP contribution is 2.29. The molecule has 2 rings (SSSR count). The van der Waals surface area contributed by atoms with E-state index in [1.165, 1.54) is 34.2 Å². The van der Waals surface area contributed by atoms with Crippen molar-refractivity contribution in [2.75, 3.05) is 11.1 Å². The van der Waals surface area contributed by atoms with E-state index in [9.17, 15) is 4.79 Å². The molecule has 130 valence electrons. The van der Waals surface area contributed by atoms with Gasteiger partial charge in [0.2, 0.25) is 11.0 Å². The molecule has 0 aliphatic rings. The monoisotopic (exact) mass is 364 g/mol. The third-order valence-corrected chi connectivity index (χ3v) is 5.68. The van der Waals surface area contributed by atoms with Gasteiger partial charge in [0.15, 0.2) is 4.34 Å². The lowest BCUT2D eigenvalue weighted by Crippen LogP contribution is -2.33. The SMILES string of the molecule is CCC[C@H](C)NC(=O)CSc1nnc(Nc2cccc(C)c2C)s1. The Balaban J connectivity index is 1.87. The molecule has 7 heteroatoms. The summed E-state index contributed by atoms with van der Waals surface area (Å²) < 4.78 is 0.793. The number of hydrogen-bond acceptors (Lipinski definition) is 6. The topological polar surface area (TPSA) is 66.9 Å². The summed E-state index contributed by atoms with van der Waals surface area (Å²) in [5.74, 6) is 0.409. The van der Waals surface area contributed by atoms with Crippen LogP contribution in [0.2, 0.25) is 0 Å². The normalized spacial score (nSPS) is 12.0. The summed E-state index contributed by atoms with van der Waals surface area (Å²) in [6, 6.07) is 6.35. The summed E-state index contributed by atoms with van der Waals surface area (Å²) in [6.45, 7) is 8.31. The summed E-state index contributed by atoms with van der Waals surface area (Å²) in [5.41, 5.74) is 3.47. The first-order chi connectivity index (χ1) is 11.5. The summed E-state index contributed by atoms with van der Waals surface area (Å²) in [7, 11) is 0. The lowest BCUT2D eigenvalue weighted by Gasteiger charge is -2.11. The lowest BCUT2D eigenvalue weighted by molar-refractivity contribution is -0.119. The Hall–Kier alpha value is -1.60. The minimum absolute atomic E-state index is 0.0418. The molecular weight excluding hydrogens is 340 g/mol. The van der Waals surface area contributed by atoms with Crippen LogP contribution in [0.5, 0.6) is 0 Å². The maximum Gasteiger partial charge on any atom is 0.230 e. The zero-order valence-corrected chi connectivity index (χ0v) is 16.2. The van der Waals surface area contributed by atoms with Crippen LogP contribution in [0.25, 0.3) is 0 Å². The van der Waals surface area contributed by atoms with Crippen LogP contribution in [0.3, 0.4) is 0 Å². The molecule has 1 aromatic heterocycles. The molecule has 2 N–H and O–H groups in total. The molecule has 0 spiro atoms. The van der Waals surface area contributed by atoms with Crippen molar-refractivity contribution in [1.29, 1.82) is 0 Å². The van der Waals surface area contributed by atoms with Crippen LogP contribution in [0, 0.1) is 13.8 Å². The van der Waals surface area contributed by atoms with Gasteiger partial charge >= 0.3 is 0 Å². The van der Waals surface area contributed by atoms with Gasteiger partial charge in [-0.3, -0.25) is 4.79 Å². The van der Waals surface area contributed by atoms with E-state index in [0.29, 0.717) is 5.75 Å². The third-order valence-electron chi connectivity index (χ3n) is 3.71. The van der Waals surface area contributed by atoms with Crippen molar-refractivity contribution in [2.45, 2.75) is 50.9 Å². The highest BCUT2D eigenvalue weighted by atomic mass is 32.2. The molecule has 1 heterocycles. The van der Waals surface area contributed by atoms with Crippen molar-refractivity contribution in [3.05, 3.63) is 29.3 Å². The molecule has 0 radical (unpaired) electrons. The van der Waals surface area contributed by atoms with E-state index in [-0.39, 0.29) is 11.9 Å². The predicted molar refractivity (Wildman–Crippen MR) is 102 cm³/mol. The van der Waals surface area contributed by atoms with E-state index >= 15 is 0 Å². The smallest absolute Gasteiger partial charge is 0.230 e. The van der Waals surface area contributed by atoms with E-state index in [0.717, 1.165) is 28.0 Å². The maximum absolute atomic E-state index is 11.9. The third kappa shape index (κ3) is 5.49. The van der Waals surface area contributed by atoms with Crippen LogP contribution in [-0.2, 0) is 4.79 Å². The maximum atomic E-state index is 11.9. The molecular formula is C17H24N4OS2. The second-order valence-electron chi connectivity index (χ2n) is 5.79. The summed E-state index contributed by atoms with van der Waals surface area (Å²) in [4.78, 5) is 11.9. The van der Waals surface area contributed by atoms with Gasteiger partial charge in [0, 0.05) is 11.7 Å². The largest absolute Gasteiger partial charge is 0.353 e. The van der Waals surface area contributed by atoms with Gasteiger partial charge in [-0.2, -0.15) is 0 Å². The number of hydrogen-bond donors (Lipinski definition) is 2. The zero-order valence-electron chi connectivity index (χ0n) is 14.5. The molecule has 2 aromatic rings. The van der Waals surface area contributed by atoms with Gasteiger partial charge in [-0.05, 0) is 44.4 Å². The molecule has 0 saturated carbocycles. The van der Waals surface area contributed by atoms with Gasteiger partial charge in [-0.15, -0.1) is 10.2 Å². The van der Waals surface area contributed by atoms with Crippen LogP contribution in [0.15, 0.2) is 22.5 Å². The molecule has 1 amide bonds. The average Bonchev–Trinajstić information content (AvgIpc) is 2.98. The highest BCUT2D eigenvalue weighted by Gasteiger charge is 2.11. The Labute approximate surface area is 151 Å².